The van der Waals surface area contributed by atoms with E-state index in [1.807, 2.05) is 5.38 Å². The van der Waals surface area contributed by atoms with Crippen LogP contribution in [0.4, 0.5) is 4.39 Å². The third kappa shape index (κ3) is 3.34. The fourth-order valence-electron chi connectivity index (χ4n) is 2.10. The summed E-state index contributed by atoms with van der Waals surface area (Å²) in [5, 5.41) is 2.73. The third-order valence-electron chi connectivity index (χ3n) is 3.41. The molecule has 0 atom stereocenters. The fraction of sp³-hybridized carbons (Fsp3) is 0.188. The molecular formula is C16H14FN3O2S2. The highest BCUT2D eigenvalue weighted by molar-refractivity contribution is 7.99. The monoisotopic (exact) mass is 363 g/mol. The number of hydrogen-bond acceptors (Lipinski definition) is 5. The van der Waals surface area contributed by atoms with E-state index in [4.69, 9.17) is 0 Å². The maximum Gasteiger partial charge on any atom is 0.260 e. The highest BCUT2D eigenvalue weighted by Crippen LogP contribution is 2.31. The number of aromatic nitrogens is 2. The number of carbonyl (C=O) groups is 1. The average Bonchev–Trinajstić information content (AvgIpc) is 2.97. The molecule has 0 unspecified atom stereocenters. The van der Waals surface area contributed by atoms with Crippen LogP contribution in [-0.2, 0) is 4.79 Å². The Morgan fingerprint density at radius 2 is 2.04 bits per heavy atom. The van der Waals surface area contributed by atoms with Crippen molar-refractivity contribution >= 4 is 39.2 Å². The van der Waals surface area contributed by atoms with E-state index >= 15 is 0 Å². The van der Waals surface area contributed by atoms with Crippen LogP contribution in [0.2, 0.25) is 0 Å². The summed E-state index contributed by atoms with van der Waals surface area (Å²) in [4.78, 5) is 33.3. The number of nitrogens with zero attached hydrogens (tertiary/aromatic N) is 2. The highest BCUT2D eigenvalue weighted by atomic mass is 32.2. The lowest BCUT2D eigenvalue weighted by Gasteiger charge is -2.08. The minimum atomic E-state index is -0.324. The number of aromatic amines is 1. The zero-order valence-electron chi connectivity index (χ0n) is 13.0. The van der Waals surface area contributed by atoms with Crippen molar-refractivity contribution < 1.29 is 9.18 Å². The van der Waals surface area contributed by atoms with Crippen LogP contribution in [0.3, 0.4) is 0 Å². The van der Waals surface area contributed by atoms with Gasteiger partial charge in [-0.05, 0) is 17.7 Å². The zero-order chi connectivity index (χ0) is 17.3. The number of thioether (sulfide) groups is 1. The van der Waals surface area contributed by atoms with Crippen LogP contribution in [0.15, 0.2) is 39.6 Å². The summed E-state index contributed by atoms with van der Waals surface area (Å²) >= 11 is 2.54. The van der Waals surface area contributed by atoms with E-state index in [0.717, 1.165) is 11.1 Å². The summed E-state index contributed by atoms with van der Waals surface area (Å²) < 4.78 is 13.1. The van der Waals surface area contributed by atoms with Gasteiger partial charge in [0.05, 0.1) is 11.1 Å². The Morgan fingerprint density at radius 1 is 1.33 bits per heavy atom. The molecule has 3 aromatic rings. The topological polar surface area (TPSA) is 66.1 Å². The van der Waals surface area contributed by atoms with Crippen molar-refractivity contribution in [1.29, 1.82) is 0 Å². The summed E-state index contributed by atoms with van der Waals surface area (Å²) in [5.74, 6) is -0.173. The minimum Gasteiger partial charge on any atom is -0.348 e. The van der Waals surface area contributed by atoms with E-state index in [1.165, 1.54) is 40.1 Å². The van der Waals surface area contributed by atoms with E-state index in [-0.39, 0.29) is 23.0 Å². The van der Waals surface area contributed by atoms with Gasteiger partial charge in [-0.1, -0.05) is 23.9 Å². The normalized spacial score (nSPS) is 11.0. The van der Waals surface area contributed by atoms with Crippen LogP contribution in [0.25, 0.3) is 21.3 Å². The predicted molar refractivity (Wildman–Crippen MR) is 95.1 cm³/mol. The Kier molecular flexibility index (Phi) is 4.68. The molecule has 0 saturated heterocycles. The van der Waals surface area contributed by atoms with Crippen LogP contribution in [0.1, 0.15) is 0 Å². The summed E-state index contributed by atoms with van der Waals surface area (Å²) in [6.07, 6.45) is 0. The van der Waals surface area contributed by atoms with Gasteiger partial charge in [0.15, 0.2) is 5.16 Å². The number of carbonyl (C=O) groups excluding carboxylic acids is 1. The lowest BCUT2D eigenvalue weighted by Crippen LogP contribution is -2.23. The first kappa shape index (κ1) is 16.7. The van der Waals surface area contributed by atoms with Gasteiger partial charge in [0, 0.05) is 25.0 Å². The van der Waals surface area contributed by atoms with Gasteiger partial charge in [0.25, 0.3) is 5.56 Å². The summed E-state index contributed by atoms with van der Waals surface area (Å²) in [6, 6.07) is 5.98. The molecule has 2 heterocycles. The van der Waals surface area contributed by atoms with Crippen LogP contribution >= 0.6 is 23.1 Å². The standard InChI is InChI=1S/C16H14FN3O2S2/c1-20(2)12(21)8-24-16-18-14(22)13-11(7-23-15(13)19-16)9-3-5-10(17)6-4-9/h3-7H,8H2,1-2H3,(H,18,19,22). The number of nitrogens with one attached hydrogen (secondary N) is 1. The van der Waals surface area contributed by atoms with E-state index in [0.29, 0.717) is 15.4 Å². The molecule has 0 aliphatic heterocycles. The van der Waals surface area contributed by atoms with Gasteiger partial charge in [-0.15, -0.1) is 11.3 Å². The van der Waals surface area contributed by atoms with E-state index < -0.39 is 0 Å². The van der Waals surface area contributed by atoms with Crippen LogP contribution in [-0.4, -0.2) is 40.6 Å². The van der Waals surface area contributed by atoms with E-state index in [2.05, 4.69) is 9.97 Å². The predicted octanol–water partition coefficient (Wildman–Crippen LogP) is 2.97. The van der Waals surface area contributed by atoms with Gasteiger partial charge in [-0.2, -0.15) is 0 Å². The summed E-state index contributed by atoms with van der Waals surface area (Å²) in [7, 11) is 3.35. The molecule has 1 aromatic carbocycles. The van der Waals surface area contributed by atoms with Crippen molar-refractivity contribution in [2.45, 2.75) is 5.16 Å². The highest BCUT2D eigenvalue weighted by Gasteiger charge is 2.14. The van der Waals surface area contributed by atoms with Crippen LogP contribution in [0.5, 0.6) is 0 Å². The second-order valence-corrected chi connectivity index (χ2v) is 7.11. The first-order valence-electron chi connectivity index (χ1n) is 7.06. The van der Waals surface area contributed by atoms with Gasteiger partial charge in [-0.3, -0.25) is 9.59 Å². The number of rotatable bonds is 4. The minimum absolute atomic E-state index is 0.0547. The second kappa shape index (κ2) is 6.74. The number of thiophene rings is 1. The Labute approximate surface area is 145 Å². The first-order valence-corrected chi connectivity index (χ1v) is 8.92. The number of amides is 1. The Bertz CT molecular complexity index is 948. The smallest absolute Gasteiger partial charge is 0.260 e. The van der Waals surface area contributed by atoms with Gasteiger partial charge in [-0.25, -0.2) is 9.37 Å². The van der Waals surface area contributed by atoms with Crippen molar-refractivity contribution in [2.24, 2.45) is 0 Å². The molecule has 0 aliphatic rings. The largest absolute Gasteiger partial charge is 0.348 e. The quantitative estimate of drug-likeness (QED) is 0.572. The Hall–Kier alpha value is -2.19. The second-order valence-electron chi connectivity index (χ2n) is 5.28. The fourth-order valence-corrected chi connectivity index (χ4v) is 3.94. The van der Waals surface area contributed by atoms with Crippen LogP contribution in [0, 0.1) is 5.82 Å². The molecule has 0 spiro atoms. The third-order valence-corrected chi connectivity index (χ3v) is 5.14. The van der Waals surface area contributed by atoms with Crippen molar-refractivity contribution in [3.63, 3.8) is 0 Å². The van der Waals surface area contributed by atoms with Gasteiger partial charge in [0.1, 0.15) is 10.6 Å². The van der Waals surface area contributed by atoms with E-state index in [1.54, 1.807) is 26.2 Å². The van der Waals surface area contributed by atoms with E-state index in [9.17, 15) is 14.0 Å². The molecule has 2 aromatic heterocycles. The van der Waals surface area contributed by atoms with Crippen molar-refractivity contribution in [1.82, 2.24) is 14.9 Å². The molecule has 0 saturated carbocycles. The lowest BCUT2D eigenvalue weighted by molar-refractivity contribution is -0.125. The SMILES string of the molecule is CN(C)C(=O)CSc1nc2scc(-c3ccc(F)cc3)c2c(=O)[nH]1. The number of fused-ring (bicyclic) bond motifs is 1. The van der Waals surface area contributed by atoms with Crippen molar-refractivity contribution in [3.8, 4) is 11.1 Å². The van der Waals surface area contributed by atoms with Crippen molar-refractivity contribution in [3.05, 3.63) is 45.8 Å². The maximum atomic E-state index is 13.1. The molecule has 1 N–H and O–H groups in total. The van der Waals surface area contributed by atoms with Crippen LogP contribution < -0.4 is 5.56 Å². The summed E-state index contributed by atoms with van der Waals surface area (Å²) in [5.41, 5.74) is 1.23. The number of benzene rings is 1. The molecular weight excluding hydrogens is 349 g/mol. The van der Waals surface area contributed by atoms with Gasteiger partial charge < -0.3 is 9.88 Å². The molecule has 0 fully saturated rings. The first-order chi connectivity index (χ1) is 11.5. The molecule has 0 aliphatic carbocycles. The Morgan fingerprint density at radius 3 is 2.71 bits per heavy atom. The van der Waals surface area contributed by atoms with Crippen molar-refractivity contribution in [2.75, 3.05) is 19.8 Å². The summed E-state index contributed by atoms with van der Waals surface area (Å²) in [6.45, 7) is 0. The molecule has 0 radical (unpaired) electrons. The molecule has 3 rings (SSSR count). The lowest BCUT2D eigenvalue weighted by atomic mass is 10.1. The number of hydrogen-bond donors (Lipinski definition) is 1. The average molecular weight is 363 g/mol. The molecule has 24 heavy (non-hydrogen) atoms. The molecule has 0 bridgehead atoms. The molecule has 1 amide bonds. The number of H-pyrrole nitrogens is 1. The zero-order valence-corrected chi connectivity index (χ0v) is 14.6. The maximum absolute atomic E-state index is 13.1. The Balaban J connectivity index is 1.95. The molecule has 5 nitrogen and oxygen atoms in total. The van der Waals surface area contributed by atoms with Gasteiger partial charge in [0.2, 0.25) is 5.91 Å². The number of halogens is 1. The van der Waals surface area contributed by atoms with Gasteiger partial charge >= 0.3 is 0 Å². The molecule has 8 heteroatoms. The molecule has 124 valence electrons.